The minimum atomic E-state index is -1.11. The van der Waals surface area contributed by atoms with Gasteiger partial charge >= 0.3 is 11.9 Å². The van der Waals surface area contributed by atoms with Gasteiger partial charge in [0.2, 0.25) is 0 Å². The number of carboxylic acids is 1. The molecule has 1 atom stereocenters. The Kier molecular flexibility index (Phi) is 9.86. The first-order chi connectivity index (χ1) is 19.7. The molecule has 0 amide bonds. The van der Waals surface area contributed by atoms with Crippen LogP contribution in [0.2, 0.25) is 0 Å². The van der Waals surface area contributed by atoms with E-state index in [0.29, 0.717) is 59.0 Å². The number of halogens is 1. The summed E-state index contributed by atoms with van der Waals surface area (Å²) in [6.45, 7) is 3.41. The summed E-state index contributed by atoms with van der Waals surface area (Å²) in [6.07, 6.45) is 2.99. The summed E-state index contributed by atoms with van der Waals surface area (Å²) in [4.78, 5) is 43.5. The zero-order valence-electron chi connectivity index (χ0n) is 22.9. The molecule has 0 saturated heterocycles. The van der Waals surface area contributed by atoms with E-state index in [4.69, 9.17) is 29.0 Å². The molecule has 0 aliphatic carbocycles. The molecule has 216 valence electrons. The van der Waals surface area contributed by atoms with Crippen LogP contribution in [0.5, 0.6) is 17.2 Å². The zero-order valence-corrected chi connectivity index (χ0v) is 25.9. The average Bonchev–Trinajstić information content (AvgIpc) is 3.25. The van der Waals surface area contributed by atoms with Crippen molar-refractivity contribution in [3.05, 3.63) is 82.1 Å². The molecule has 12 heteroatoms. The quantitative estimate of drug-likeness (QED) is 0.239. The van der Waals surface area contributed by atoms with Crippen molar-refractivity contribution >= 4 is 51.9 Å². The van der Waals surface area contributed by atoms with Gasteiger partial charge in [-0.25, -0.2) is 14.6 Å². The molecule has 1 aliphatic heterocycles. The van der Waals surface area contributed by atoms with E-state index in [9.17, 15) is 14.4 Å². The number of carboxylic acid groups (broad SMARTS) is 1. The van der Waals surface area contributed by atoms with Crippen molar-refractivity contribution < 1.29 is 33.6 Å². The molecule has 1 N–H and O–H groups in total. The van der Waals surface area contributed by atoms with Crippen LogP contribution in [0.25, 0.3) is 6.08 Å². The summed E-state index contributed by atoms with van der Waals surface area (Å²) in [5.41, 5.74) is 1.94. The summed E-state index contributed by atoms with van der Waals surface area (Å²) in [6, 6.07) is 9.95. The molecule has 0 radical (unpaired) electrons. The normalized spacial score (nSPS) is 14.8. The van der Waals surface area contributed by atoms with Gasteiger partial charge in [0.1, 0.15) is 5.75 Å². The average molecular weight is 693 g/mol. The van der Waals surface area contributed by atoms with Crippen molar-refractivity contribution in [2.45, 2.75) is 32.7 Å². The number of aromatic nitrogens is 1. The van der Waals surface area contributed by atoms with Gasteiger partial charge in [0.15, 0.2) is 22.9 Å². The highest BCUT2D eigenvalue weighted by atomic mass is 127. The lowest BCUT2D eigenvalue weighted by atomic mass is 9.94. The number of aliphatic carboxylic acids is 1. The number of hydrogen-bond acceptors (Lipinski definition) is 9. The standard InChI is InChI=1S/C29H29IN2O8S/c1-5-8-20-24(28(36)39-6-2)25(17-9-7-10-18(14-17)37-3)32-27(35)22(41-29(32)31-20)13-16-11-19(30)26(21(12-16)38-4)40-15-23(33)34/h7,9-14,25H,5-6,8,15H2,1-4H3,(H,33,34)/b22-13-/t25-/m1/s1. The fourth-order valence-corrected chi connectivity index (χ4v) is 6.30. The van der Waals surface area contributed by atoms with Gasteiger partial charge in [0, 0.05) is 0 Å². The Morgan fingerprint density at radius 1 is 1.17 bits per heavy atom. The number of rotatable bonds is 11. The fourth-order valence-electron chi connectivity index (χ4n) is 4.50. The molecule has 10 nitrogen and oxygen atoms in total. The molecule has 1 aromatic heterocycles. The molecule has 0 spiro atoms. The molecular formula is C29H29IN2O8S. The lowest BCUT2D eigenvalue weighted by Gasteiger charge is -2.26. The van der Waals surface area contributed by atoms with Gasteiger partial charge in [0.05, 0.1) is 46.2 Å². The van der Waals surface area contributed by atoms with E-state index >= 15 is 0 Å². The maximum absolute atomic E-state index is 14.0. The van der Waals surface area contributed by atoms with Crippen LogP contribution in [-0.2, 0) is 14.3 Å². The first-order valence-corrected chi connectivity index (χ1v) is 14.7. The Balaban J connectivity index is 1.93. The molecular weight excluding hydrogens is 663 g/mol. The van der Waals surface area contributed by atoms with Crippen LogP contribution in [-0.4, -0.2) is 49.0 Å². The van der Waals surface area contributed by atoms with Crippen LogP contribution in [0.15, 0.2) is 57.5 Å². The lowest BCUT2D eigenvalue weighted by Crippen LogP contribution is -2.40. The predicted octanol–water partition coefficient (Wildman–Crippen LogP) is 3.66. The first kappa shape index (κ1) is 30.3. The number of hydrogen-bond donors (Lipinski definition) is 1. The third-order valence-corrected chi connectivity index (χ3v) is 7.98. The van der Waals surface area contributed by atoms with Crippen molar-refractivity contribution in [2.75, 3.05) is 27.4 Å². The SMILES string of the molecule is CCCC1=C(C(=O)OCC)[C@@H](c2cccc(OC)c2)n2c(s/c(=C\c3cc(I)c(OCC(=O)O)c(OC)c3)c2=O)=N1. The Morgan fingerprint density at radius 3 is 2.61 bits per heavy atom. The third kappa shape index (κ3) is 6.48. The van der Waals surface area contributed by atoms with Crippen molar-refractivity contribution in [2.24, 2.45) is 4.99 Å². The van der Waals surface area contributed by atoms with Crippen LogP contribution in [0.1, 0.15) is 43.9 Å². The number of carbonyl (C=O) groups is 2. The van der Waals surface area contributed by atoms with E-state index in [1.54, 1.807) is 44.4 Å². The van der Waals surface area contributed by atoms with Gasteiger partial charge < -0.3 is 24.1 Å². The molecule has 0 saturated carbocycles. The monoisotopic (exact) mass is 692 g/mol. The number of ether oxygens (including phenoxy) is 4. The Hall–Kier alpha value is -3.65. The van der Waals surface area contributed by atoms with Gasteiger partial charge in [-0.15, -0.1) is 0 Å². The summed E-state index contributed by atoms with van der Waals surface area (Å²) >= 11 is 3.25. The van der Waals surface area contributed by atoms with Crippen molar-refractivity contribution in [1.29, 1.82) is 0 Å². The molecule has 0 bridgehead atoms. The maximum Gasteiger partial charge on any atom is 0.341 e. The van der Waals surface area contributed by atoms with E-state index in [1.807, 2.05) is 41.6 Å². The number of thiazole rings is 1. The highest BCUT2D eigenvalue weighted by molar-refractivity contribution is 14.1. The van der Waals surface area contributed by atoms with Crippen LogP contribution in [0.3, 0.4) is 0 Å². The summed E-state index contributed by atoms with van der Waals surface area (Å²) in [7, 11) is 3.01. The van der Waals surface area contributed by atoms with Gasteiger partial charge in [-0.05, 0) is 77.4 Å². The zero-order chi connectivity index (χ0) is 29.7. The highest BCUT2D eigenvalue weighted by Crippen LogP contribution is 2.35. The fraction of sp³-hybridized carbons (Fsp3) is 0.310. The number of carbonyl (C=O) groups excluding carboxylic acids is 1. The second-order valence-corrected chi connectivity index (χ2v) is 11.1. The number of nitrogens with zero attached hydrogens (tertiary/aromatic N) is 2. The lowest BCUT2D eigenvalue weighted by molar-refractivity contribution is -0.140. The minimum Gasteiger partial charge on any atom is -0.497 e. The van der Waals surface area contributed by atoms with Crippen molar-refractivity contribution in [3.63, 3.8) is 0 Å². The smallest absolute Gasteiger partial charge is 0.341 e. The largest absolute Gasteiger partial charge is 0.497 e. The van der Waals surface area contributed by atoms with Crippen molar-refractivity contribution in [3.8, 4) is 17.2 Å². The van der Waals surface area contributed by atoms with Gasteiger partial charge in [0.25, 0.3) is 5.56 Å². The van der Waals surface area contributed by atoms with Crippen molar-refractivity contribution in [1.82, 2.24) is 4.57 Å². The van der Waals surface area contributed by atoms with Gasteiger partial charge in [-0.1, -0.05) is 36.8 Å². The third-order valence-electron chi connectivity index (χ3n) is 6.19. The molecule has 2 aromatic carbocycles. The molecule has 41 heavy (non-hydrogen) atoms. The number of allylic oxidation sites excluding steroid dienone is 1. The molecule has 1 aliphatic rings. The Labute approximate surface area is 253 Å². The first-order valence-electron chi connectivity index (χ1n) is 12.8. The molecule has 2 heterocycles. The van der Waals surface area contributed by atoms with E-state index in [2.05, 4.69) is 0 Å². The van der Waals surface area contributed by atoms with Crippen LogP contribution >= 0.6 is 33.9 Å². The van der Waals surface area contributed by atoms with Crippen LogP contribution in [0, 0.1) is 3.57 Å². The van der Waals surface area contributed by atoms with E-state index in [1.165, 1.54) is 23.0 Å². The van der Waals surface area contributed by atoms with E-state index in [0.717, 1.165) is 6.42 Å². The van der Waals surface area contributed by atoms with Gasteiger partial charge in [-0.2, -0.15) is 0 Å². The summed E-state index contributed by atoms with van der Waals surface area (Å²) in [5, 5.41) is 9.00. The number of methoxy groups -OCH3 is 2. The maximum atomic E-state index is 14.0. The Morgan fingerprint density at radius 2 is 1.95 bits per heavy atom. The molecule has 0 unspecified atom stereocenters. The Bertz CT molecular complexity index is 1690. The minimum absolute atomic E-state index is 0.184. The van der Waals surface area contributed by atoms with Crippen LogP contribution < -0.4 is 29.1 Å². The predicted molar refractivity (Wildman–Crippen MR) is 161 cm³/mol. The topological polar surface area (TPSA) is 126 Å². The van der Waals surface area contributed by atoms with E-state index in [-0.39, 0.29) is 12.2 Å². The number of fused-ring (bicyclic) bond motifs is 1. The van der Waals surface area contributed by atoms with Crippen LogP contribution in [0.4, 0.5) is 0 Å². The summed E-state index contributed by atoms with van der Waals surface area (Å²) in [5.74, 6) is -0.397. The second kappa shape index (κ2) is 13.3. The number of benzene rings is 2. The van der Waals surface area contributed by atoms with Gasteiger partial charge in [-0.3, -0.25) is 9.36 Å². The van der Waals surface area contributed by atoms with E-state index < -0.39 is 24.6 Å². The molecule has 4 rings (SSSR count). The number of esters is 1. The molecule has 3 aromatic rings. The summed E-state index contributed by atoms with van der Waals surface area (Å²) < 4.78 is 24.3. The second-order valence-electron chi connectivity index (χ2n) is 8.91. The highest BCUT2D eigenvalue weighted by Gasteiger charge is 2.34. The molecule has 0 fully saturated rings.